The van der Waals surface area contributed by atoms with Gasteiger partial charge in [0, 0.05) is 16.5 Å². The van der Waals surface area contributed by atoms with E-state index in [2.05, 4.69) is 82.3 Å². The quantitative estimate of drug-likeness (QED) is 0.331. The molecule has 0 aliphatic carbocycles. The van der Waals surface area contributed by atoms with Crippen LogP contribution in [0.1, 0.15) is 44.4 Å². The lowest BCUT2D eigenvalue weighted by molar-refractivity contribution is 0.208. The molecule has 8 rings (SSSR count). The standard InChI is InChI=1S/C31H24BNO2/c1-16(2)28-26-20-11-6-5-10-18(20)19-12-8-13-21-25(19)32(26)27-22(31(21,3)4)15-17-9-7-14-23-24(17)29(27)33(28)30(34)35-23/h5-16H,1-4H3. The van der Waals surface area contributed by atoms with Gasteiger partial charge in [-0.3, -0.25) is 0 Å². The average molecular weight is 453 g/mol. The summed E-state index contributed by atoms with van der Waals surface area (Å²) in [5.41, 5.74) is 12.3. The van der Waals surface area contributed by atoms with Crippen molar-refractivity contribution in [2.45, 2.75) is 33.1 Å². The molecular formula is C31H24BNO2. The van der Waals surface area contributed by atoms with Gasteiger partial charge >= 0.3 is 6.09 Å². The number of fused-ring (bicyclic) bond motifs is 3. The van der Waals surface area contributed by atoms with Crippen molar-refractivity contribution >= 4 is 45.7 Å². The van der Waals surface area contributed by atoms with Crippen LogP contribution in [0.25, 0.3) is 27.4 Å². The second-order valence-corrected chi connectivity index (χ2v) is 11.1. The molecule has 0 atom stereocenters. The zero-order chi connectivity index (χ0) is 23.8. The maximum absolute atomic E-state index is 13.7. The van der Waals surface area contributed by atoms with Crippen molar-refractivity contribution in [3.8, 4) is 16.9 Å². The minimum atomic E-state index is -0.298. The van der Waals surface area contributed by atoms with Crippen LogP contribution in [0.5, 0.6) is 5.75 Å². The van der Waals surface area contributed by atoms with E-state index in [9.17, 15) is 4.79 Å². The molecule has 0 fully saturated rings. The molecule has 0 aromatic heterocycles. The van der Waals surface area contributed by atoms with Crippen molar-refractivity contribution in [2.75, 3.05) is 4.90 Å². The van der Waals surface area contributed by atoms with Crippen molar-refractivity contribution in [3.05, 3.63) is 89.1 Å². The van der Waals surface area contributed by atoms with Crippen LogP contribution in [0.15, 0.2) is 72.4 Å². The van der Waals surface area contributed by atoms with Crippen LogP contribution in [-0.4, -0.2) is 12.8 Å². The second kappa shape index (κ2) is 6.06. The second-order valence-electron chi connectivity index (χ2n) is 11.1. The molecule has 0 bridgehead atoms. The highest BCUT2D eigenvalue weighted by molar-refractivity contribution is 7.03. The molecule has 4 heterocycles. The molecule has 4 aromatic rings. The Balaban J connectivity index is 1.67. The van der Waals surface area contributed by atoms with E-state index in [1.165, 1.54) is 44.2 Å². The molecule has 0 unspecified atom stereocenters. The minimum Gasteiger partial charge on any atom is -0.409 e. The van der Waals surface area contributed by atoms with E-state index in [-0.39, 0.29) is 24.1 Å². The molecule has 0 N–H and O–H groups in total. The Labute approximate surface area is 205 Å². The molecule has 4 aliphatic heterocycles. The van der Waals surface area contributed by atoms with Crippen molar-refractivity contribution in [1.82, 2.24) is 0 Å². The molecule has 0 radical (unpaired) electrons. The lowest BCUT2D eigenvalue weighted by Gasteiger charge is -2.50. The van der Waals surface area contributed by atoms with E-state index in [4.69, 9.17) is 4.74 Å². The number of allylic oxidation sites excluding steroid dienone is 1. The third-order valence-electron chi connectivity index (χ3n) is 8.63. The summed E-state index contributed by atoms with van der Waals surface area (Å²) in [7, 11) is 0. The predicted octanol–water partition coefficient (Wildman–Crippen LogP) is 6.01. The number of rotatable bonds is 1. The first-order chi connectivity index (χ1) is 16.9. The van der Waals surface area contributed by atoms with E-state index in [0.717, 1.165) is 22.2 Å². The molecule has 3 nitrogen and oxygen atoms in total. The highest BCUT2D eigenvalue weighted by atomic mass is 16.6. The van der Waals surface area contributed by atoms with Crippen molar-refractivity contribution < 1.29 is 9.53 Å². The van der Waals surface area contributed by atoms with Crippen LogP contribution in [-0.2, 0) is 5.41 Å². The molecule has 0 spiro atoms. The molecule has 1 amide bonds. The molecule has 4 aromatic carbocycles. The number of anilines is 1. The van der Waals surface area contributed by atoms with Crippen LogP contribution < -0.4 is 20.6 Å². The number of carbonyl (C=O) groups is 1. The smallest absolute Gasteiger partial charge is 0.409 e. The Morgan fingerprint density at radius 2 is 1.60 bits per heavy atom. The predicted molar refractivity (Wildman–Crippen MR) is 143 cm³/mol. The summed E-state index contributed by atoms with van der Waals surface area (Å²) in [5, 5.41) is 2.18. The fourth-order valence-corrected chi connectivity index (χ4v) is 7.31. The maximum atomic E-state index is 13.7. The van der Waals surface area contributed by atoms with Gasteiger partial charge in [-0.25, -0.2) is 9.69 Å². The number of carbonyl (C=O) groups excluding carboxylic acids is 1. The Hall–Kier alpha value is -3.79. The Morgan fingerprint density at radius 3 is 2.40 bits per heavy atom. The van der Waals surface area contributed by atoms with Crippen molar-refractivity contribution in [3.63, 3.8) is 0 Å². The monoisotopic (exact) mass is 453 g/mol. The van der Waals surface area contributed by atoms with Gasteiger partial charge in [0.1, 0.15) is 5.75 Å². The van der Waals surface area contributed by atoms with E-state index in [1.54, 1.807) is 0 Å². The first kappa shape index (κ1) is 19.5. The first-order valence-corrected chi connectivity index (χ1v) is 12.5. The summed E-state index contributed by atoms with van der Waals surface area (Å²) < 4.78 is 5.97. The lowest BCUT2D eigenvalue weighted by atomic mass is 9.26. The number of benzene rings is 4. The third kappa shape index (κ3) is 2.09. The Morgan fingerprint density at radius 1 is 0.857 bits per heavy atom. The molecule has 35 heavy (non-hydrogen) atoms. The molecule has 0 saturated carbocycles. The molecule has 168 valence electrons. The summed E-state index contributed by atoms with van der Waals surface area (Å²) in [6.45, 7) is 9.16. The number of hydrogen-bond donors (Lipinski definition) is 0. The fraction of sp³-hybridized carbons (Fsp3) is 0.194. The van der Waals surface area contributed by atoms with Gasteiger partial charge in [-0.15, -0.1) is 0 Å². The van der Waals surface area contributed by atoms with Gasteiger partial charge < -0.3 is 4.74 Å². The Bertz CT molecular complexity index is 1710. The average Bonchev–Trinajstić information content (AvgIpc) is 2.85. The summed E-state index contributed by atoms with van der Waals surface area (Å²) in [6, 6.07) is 23.9. The number of nitrogens with zero attached hydrogens (tertiary/aromatic N) is 1. The summed E-state index contributed by atoms with van der Waals surface area (Å²) in [6.07, 6.45) is -0.298. The first-order valence-electron chi connectivity index (χ1n) is 12.5. The van der Waals surface area contributed by atoms with Crippen molar-refractivity contribution in [2.24, 2.45) is 5.92 Å². The van der Waals surface area contributed by atoms with Gasteiger partial charge in [-0.05, 0) is 56.1 Å². The van der Waals surface area contributed by atoms with Gasteiger partial charge in [-0.1, -0.05) is 93.8 Å². The van der Waals surface area contributed by atoms with Gasteiger partial charge in [-0.2, -0.15) is 0 Å². The number of hydrogen-bond acceptors (Lipinski definition) is 2. The van der Waals surface area contributed by atoms with Gasteiger partial charge in [0.05, 0.1) is 5.69 Å². The van der Waals surface area contributed by atoms with Crippen LogP contribution in [0.2, 0.25) is 0 Å². The minimum absolute atomic E-state index is 0.103. The molecular weight excluding hydrogens is 429 g/mol. The van der Waals surface area contributed by atoms with E-state index >= 15 is 0 Å². The van der Waals surface area contributed by atoms with E-state index in [0.29, 0.717) is 5.75 Å². The zero-order valence-electron chi connectivity index (χ0n) is 20.3. The molecule has 0 saturated heterocycles. The summed E-state index contributed by atoms with van der Waals surface area (Å²) >= 11 is 0. The van der Waals surface area contributed by atoms with Crippen LogP contribution in [0.3, 0.4) is 0 Å². The van der Waals surface area contributed by atoms with Crippen molar-refractivity contribution in [1.29, 1.82) is 0 Å². The zero-order valence-corrected chi connectivity index (χ0v) is 20.3. The largest absolute Gasteiger partial charge is 0.424 e. The molecule has 4 aliphatic rings. The number of amides is 1. The third-order valence-corrected chi connectivity index (χ3v) is 8.63. The normalized spacial score (nSPS) is 17.7. The number of ether oxygens (including phenoxy) is 1. The van der Waals surface area contributed by atoms with E-state index < -0.39 is 0 Å². The van der Waals surface area contributed by atoms with Gasteiger partial charge in [0.15, 0.2) is 0 Å². The maximum Gasteiger partial charge on any atom is 0.424 e. The van der Waals surface area contributed by atoms with Gasteiger partial charge in [0.25, 0.3) is 0 Å². The van der Waals surface area contributed by atoms with Crippen LogP contribution >= 0.6 is 0 Å². The van der Waals surface area contributed by atoms with Crippen LogP contribution in [0.4, 0.5) is 10.5 Å². The van der Waals surface area contributed by atoms with Gasteiger partial charge in [0.2, 0.25) is 6.71 Å². The topological polar surface area (TPSA) is 29.5 Å². The SMILES string of the molecule is CC(C)C1=C2B3c4c(cccc4C(C)(C)c4cc5cccc6c5c(c43)N1C(=O)O6)-c1ccccc12. The lowest BCUT2D eigenvalue weighted by Crippen LogP contribution is -2.62. The summed E-state index contributed by atoms with van der Waals surface area (Å²) in [4.78, 5) is 15.6. The highest BCUT2D eigenvalue weighted by Gasteiger charge is 2.53. The fourth-order valence-electron chi connectivity index (χ4n) is 7.31. The Kier molecular flexibility index (Phi) is 3.38. The highest BCUT2D eigenvalue weighted by Crippen LogP contribution is 2.53. The van der Waals surface area contributed by atoms with Crippen LogP contribution in [0, 0.1) is 5.92 Å². The van der Waals surface area contributed by atoms with E-state index in [1.807, 2.05) is 17.0 Å². The molecule has 4 heteroatoms. The summed E-state index contributed by atoms with van der Waals surface area (Å²) in [5.74, 6) is 0.813.